The van der Waals surface area contributed by atoms with Gasteiger partial charge in [-0.05, 0) is 46.8 Å². The molecule has 2 N–H and O–H groups in total. The highest BCUT2D eigenvalue weighted by molar-refractivity contribution is 5.36. The SMILES string of the molecule is CC(C)N(CCOc1cccc(F)c1[C@H](C)N)C(C)C. The molecule has 0 unspecified atom stereocenters. The van der Waals surface area contributed by atoms with E-state index in [1.54, 1.807) is 19.1 Å². The molecule has 0 aromatic heterocycles. The molecule has 1 aromatic rings. The maximum absolute atomic E-state index is 13.8. The first-order chi connectivity index (χ1) is 9.34. The van der Waals surface area contributed by atoms with Gasteiger partial charge in [0.15, 0.2) is 0 Å². The van der Waals surface area contributed by atoms with Gasteiger partial charge < -0.3 is 10.5 Å². The van der Waals surface area contributed by atoms with Gasteiger partial charge in [-0.2, -0.15) is 0 Å². The van der Waals surface area contributed by atoms with Crippen molar-refractivity contribution in [3.8, 4) is 5.75 Å². The molecule has 0 aliphatic rings. The van der Waals surface area contributed by atoms with Crippen molar-refractivity contribution in [2.45, 2.75) is 52.7 Å². The van der Waals surface area contributed by atoms with Crippen molar-refractivity contribution in [2.24, 2.45) is 5.73 Å². The van der Waals surface area contributed by atoms with Crippen molar-refractivity contribution in [3.63, 3.8) is 0 Å². The first-order valence-corrected chi connectivity index (χ1v) is 7.27. The predicted octanol–water partition coefficient (Wildman–Crippen LogP) is 3.34. The minimum absolute atomic E-state index is 0.304. The van der Waals surface area contributed by atoms with Crippen LogP contribution >= 0.6 is 0 Å². The first-order valence-electron chi connectivity index (χ1n) is 7.27. The van der Waals surface area contributed by atoms with Gasteiger partial charge in [-0.15, -0.1) is 0 Å². The fourth-order valence-corrected chi connectivity index (χ4v) is 2.46. The van der Waals surface area contributed by atoms with Gasteiger partial charge in [-0.1, -0.05) is 6.07 Å². The number of hydrogen-bond donors (Lipinski definition) is 1. The van der Waals surface area contributed by atoms with Gasteiger partial charge in [-0.25, -0.2) is 4.39 Å². The van der Waals surface area contributed by atoms with Crippen LogP contribution in [0.5, 0.6) is 5.75 Å². The first kappa shape index (κ1) is 16.9. The average molecular weight is 282 g/mol. The number of hydrogen-bond acceptors (Lipinski definition) is 3. The Bertz CT molecular complexity index is 411. The molecule has 1 aromatic carbocycles. The molecular formula is C16H27FN2O. The largest absolute Gasteiger partial charge is 0.492 e. The average Bonchev–Trinajstić information content (AvgIpc) is 2.33. The number of benzene rings is 1. The molecule has 0 radical (unpaired) electrons. The second kappa shape index (κ2) is 7.60. The van der Waals surface area contributed by atoms with Gasteiger partial charge in [0, 0.05) is 30.2 Å². The summed E-state index contributed by atoms with van der Waals surface area (Å²) >= 11 is 0. The van der Waals surface area contributed by atoms with Gasteiger partial charge in [0.2, 0.25) is 0 Å². The topological polar surface area (TPSA) is 38.5 Å². The van der Waals surface area contributed by atoms with Crippen LogP contribution in [0.2, 0.25) is 0 Å². The quantitative estimate of drug-likeness (QED) is 0.833. The summed E-state index contributed by atoms with van der Waals surface area (Å²) in [5.74, 6) is 0.245. The van der Waals surface area contributed by atoms with Crippen molar-refractivity contribution >= 4 is 0 Å². The minimum Gasteiger partial charge on any atom is -0.492 e. The van der Waals surface area contributed by atoms with E-state index >= 15 is 0 Å². The Morgan fingerprint density at radius 1 is 1.15 bits per heavy atom. The predicted molar refractivity (Wildman–Crippen MR) is 81.5 cm³/mol. The van der Waals surface area contributed by atoms with Crippen LogP contribution in [-0.4, -0.2) is 30.1 Å². The molecule has 0 saturated carbocycles. The Kier molecular flexibility index (Phi) is 6.43. The highest BCUT2D eigenvalue weighted by atomic mass is 19.1. The van der Waals surface area contributed by atoms with E-state index in [0.29, 0.717) is 30.0 Å². The van der Waals surface area contributed by atoms with Crippen LogP contribution in [0.1, 0.15) is 46.2 Å². The second-order valence-electron chi connectivity index (χ2n) is 5.71. The number of ether oxygens (including phenoxy) is 1. The molecule has 4 heteroatoms. The van der Waals surface area contributed by atoms with Gasteiger partial charge in [-0.3, -0.25) is 4.90 Å². The van der Waals surface area contributed by atoms with E-state index in [1.807, 2.05) is 0 Å². The zero-order valence-corrected chi connectivity index (χ0v) is 13.2. The maximum Gasteiger partial charge on any atom is 0.131 e. The Labute approximate surface area is 121 Å². The van der Waals surface area contributed by atoms with E-state index < -0.39 is 0 Å². The summed E-state index contributed by atoms with van der Waals surface area (Å²) in [6.07, 6.45) is 0. The highest BCUT2D eigenvalue weighted by Gasteiger charge is 2.16. The molecule has 3 nitrogen and oxygen atoms in total. The summed E-state index contributed by atoms with van der Waals surface area (Å²) in [7, 11) is 0. The van der Waals surface area contributed by atoms with E-state index in [0.717, 1.165) is 6.54 Å². The van der Waals surface area contributed by atoms with Gasteiger partial charge >= 0.3 is 0 Å². The summed E-state index contributed by atoms with van der Waals surface area (Å²) in [5, 5.41) is 0. The molecule has 1 rings (SSSR count). The summed E-state index contributed by atoms with van der Waals surface area (Å²) < 4.78 is 19.5. The Morgan fingerprint density at radius 3 is 2.25 bits per heavy atom. The van der Waals surface area contributed by atoms with E-state index in [2.05, 4.69) is 32.6 Å². The fraction of sp³-hybridized carbons (Fsp3) is 0.625. The van der Waals surface area contributed by atoms with E-state index in [4.69, 9.17) is 10.5 Å². The van der Waals surface area contributed by atoms with Crippen LogP contribution < -0.4 is 10.5 Å². The standard InChI is InChI=1S/C16H27FN2O/c1-11(2)19(12(3)4)9-10-20-15-8-6-7-14(17)16(15)13(5)18/h6-8,11-13H,9-10,18H2,1-5H3/t13-/m0/s1. The monoisotopic (exact) mass is 282 g/mol. The van der Waals surface area contributed by atoms with E-state index in [1.165, 1.54) is 6.07 Å². The van der Waals surface area contributed by atoms with Gasteiger partial charge in [0.25, 0.3) is 0 Å². The highest BCUT2D eigenvalue weighted by Crippen LogP contribution is 2.26. The number of nitrogens with zero attached hydrogens (tertiary/aromatic N) is 1. The summed E-state index contributed by atoms with van der Waals surface area (Å²) in [6, 6.07) is 5.38. The molecule has 0 aliphatic heterocycles. The zero-order chi connectivity index (χ0) is 15.3. The molecule has 0 saturated heterocycles. The van der Waals surface area contributed by atoms with E-state index in [-0.39, 0.29) is 11.9 Å². The molecule has 114 valence electrons. The summed E-state index contributed by atoms with van der Waals surface area (Å²) in [5.41, 5.74) is 6.26. The maximum atomic E-state index is 13.8. The molecular weight excluding hydrogens is 255 g/mol. The molecule has 0 fully saturated rings. The Morgan fingerprint density at radius 2 is 1.75 bits per heavy atom. The number of halogens is 1. The normalized spacial score (nSPS) is 13.3. The smallest absolute Gasteiger partial charge is 0.131 e. The zero-order valence-electron chi connectivity index (χ0n) is 13.2. The summed E-state index contributed by atoms with van der Waals surface area (Å²) in [6.45, 7) is 11.7. The van der Waals surface area contributed by atoms with Crippen LogP contribution in [0.15, 0.2) is 18.2 Å². The minimum atomic E-state index is -0.377. The third-order valence-electron chi connectivity index (χ3n) is 3.40. The van der Waals surface area contributed by atoms with E-state index in [9.17, 15) is 4.39 Å². The van der Waals surface area contributed by atoms with Crippen molar-refractivity contribution in [2.75, 3.05) is 13.2 Å². The third kappa shape index (κ3) is 4.46. The van der Waals surface area contributed by atoms with Crippen molar-refractivity contribution in [1.82, 2.24) is 4.90 Å². The number of nitrogens with two attached hydrogens (primary N) is 1. The lowest BCUT2D eigenvalue weighted by Crippen LogP contribution is -2.39. The Hall–Kier alpha value is -1.13. The van der Waals surface area contributed by atoms with Crippen LogP contribution in [-0.2, 0) is 0 Å². The lowest BCUT2D eigenvalue weighted by atomic mass is 10.1. The fourth-order valence-electron chi connectivity index (χ4n) is 2.46. The molecule has 0 amide bonds. The molecule has 0 bridgehead atoms. The van der Waals surface area contributed by atoms with Crippen molar-refractivity contribution < 1.29 is 9.13 Å². The molecule has 0 heterocycles. The van der Waals surface area contributed by atoms with Crippen LogP contribution in [0, 0.1) is 5.82 Å². The molecule has 20 heavy (non-hydrogen) atoms. The molecule has 0 spiro atoms. The van der Waals surface area contributed by atoms with Crippen LogP contribution in [0.4, 0.5) is 4.39 Å². The number of rotatable bonds is 7. The van der Waals surface area contributed by atoms with Crippen molar-refractivity contribution in [3.05, 3.63) is 29.6 Å². The lowest BCUT2D eigenvalue weighted by molar-refractivity contribution is 0.141. The molecule has 1 atom stereocenters. The van der Waals surface area contributed by atoms with Gasteiger partial charge in [0.1, 0.15) is 18.2 Å². The summed E-state index contributed by atoms with van der Waals surface area (Å²) in [4.78, 5) is 2.34. The van der Waals surface area contributed by atoms with Crippen LogP contribution in [0.3, 0.4) is 0 Å². The second-order valence-corrected chi connectivity index (χ2v) is 5.71. The van der Waals surface area contributed by atoms with Gasteiger partial charge in [0.05, 0.1) is 0 Å². The third-order valence-corrected chi connectivity index (χ3v) is 3.40. The van der Waals surface area contributed by atoms with Crippen molar-refractivity contribution in [1.29, 1.82) is 0 Å². The molecule has 0 aliphatic carbocycles. The Balaban J connectivity index is 2.69. The lowest BCUT2D eigenvalue weighted by Gasteiger charge is -2.30. The van der Waals surface area contributed by atoms with Crippen LogP contribution in [0.25, 0.3) is 0 Å².